The van der Waals surface area contributed by atoms with Crippen molar-refractivity contribution >= 4 is 5.78 Å². The van der Waals surface area contributed by atoms with Crippen LogP contribution in [0.25, 0.3) is 0 Å². The van der Waals surface area contributed by atoms with Gasteiger partial charge < -0.3 is 4.74 Å². The van der Waals surface area contributed by atoms with Crippen LogP contribution in [0.15, 0.2) is 11.8 Å². The third-order valence-electron chi connectivity index (χ3n) is 3.79. The summed E-state index contributed by atoms with van der Waals surface area (Å²) in [7, 11) is 0. The minimum Gasteiger partial charge on any atom is -0.501 e. The molecule has 0 heterocycles. The van der Waals surface area contributed by atoms with Gasteiger partial charge in [0.05, 0.1) is 12.9 Å². The van der Waals surface area contributed by atoms with Gasteiger partial charge in [-0.1, -0.05) is 19.3 Å². The molecule has 2 rings (SSSR count). The molecule has 84 valence electrons. The van der Waals surface area contributed by atoms with Gasteiger partial charge in [0.25, 0.3) is 0 Å². The molecular formula is C13H20O2. The normalized spacial score (nSPS) is 30.3. The fraction of sp³-hybridized carbons (Fsp3) is 0.769. The van der Waals surface area contributed by atoms with E-state index in [4.69, 9.17) is 4.74 Å². The van der Waals surface area contributed by atoms with Crippen molar-refractivity contribution in [1.29, 1.82) is 0 Å². The second-order valence-electron chi connectivity index (χ2n) is 4.72. The molecule has 0 spiro atoms. The van der Waals surface area contributed by atoms with Crippen molar-refractivity contribution in [2.75, 3.05) is 6.61 Å². The smallest absolute Gasteiger partial charge is 0.161 e. The molecule has 0 amide bonds. The predicted octanol–water partition coefficient (Wildman–Crippen LogP) is 3.08. The molecule has 2 fully saturated rings. The maximum Gasteiger partial charge on any atom is 0.161 e. The summed E-state index contributed by atoms with van der Waals surface area (Å²) in [5.74, 6) is 1.95. The minimum absolute atomic E-state index is 0.305. The van der Waals surface area contributed by atoms with Crippen molar-refractivity contribution in [2.45, 2.75) is 45.4 Å². The number of carbonyl (C=O) groups excluding carboxylic acids is 1. The average Bonchev–Trinajstić information content (AvgIpc) is 2.16. The largest absolute Gasteiger partial charge is 0.501 e. The SMILES string of the molecule is CCO/C=C1/CC(C2CCC2)CCC1=O. The van der Waals surface area contributed by atoms with E-state index in [9.17, 15) is 4.79 Å². The molecule has 15 heavy (non-hydrogen) atoms. The van der Waals surface area contributed by atoms with E-state index < -0.39 is 0 Å². The highest BCUT2D eigenvalue weighted by atomic mass is 16.5. The van der Waals surface area contributed by atoms with Gasteiger partial charge in [-0.3, -0.25) is 4.79 Å². The van der Waals surface area contributed by atoms with Crippen molar-refractivity contribution in [1.82, 2.24) is 0 Å². The van der Waals surface area contributed by atoms with Crippen LogP contribution in [0, 0.1) is 11.8 Å². The summed E-state index contributed by atoms with van der Waals surface area (Å²) in [4.78, 5) is 11.6. The zero-order chi connectivity index (χ0) is 10.7. The van der Waals surface area contributed by atoms with Crippen LogP contribution in [0.1, 0.15) is 45.4 Å². The lowest BCUT2D eigenvalue weighted by Crippen LogP contribution is -2.27. The zero-order valence-corrected chi connectivity index (χ0v) is 9.50. The highest BCUT2D eigenvalue weighted by Gasteiger charge is 2.32. The van der Waals surface area contributed by atoms with Gasteiger partial charge in [-0.2, -0.15) is 0 Å². The summed E-state index contributed by atoms with van der Waals surface area (Å²) in [5, 5.41) is 0. The number of rotatable bonds is 3. The van der Waals surface area contributed by atoms with Crippen LogP contribution >= 0.6 is 0 Å². The standard InChI is InChI=1S/C13H20O2/c1-2-15-9-12-8-11(6-7-13(12)14)10-4-3-5-10/h9-11H,2-8H2,1H3/b12-9-. The fourth-order valence-electron chi connectivity index (χ4n) is 2.59. The molecule has 0 aliphatic heterocycles. The maximum absolute atomic E-state index is 11.6. The van der Waals surface area contributed by atoms with Crippen molar-refractivity contribution in [3.8, 4) is 0 Å². The monoisotopic (exact) mass is 208 g/mol. The summed E-state index contributed by atoms with van der Waals surface area (Å²) < 4.78 is 5.24. The Bertz CT molecular complexity index is 264. The second-order valence-corrected chi connectivity index (χ2v) is 4.72. The number of hydrogen-bond donors (Lipinski definition) is 0. The van der Waals surface area contributed by atoms with Gasteiger partial charge in [0, 0.05) is 12.0 Å². The van der Waals surface area contributed by atoms with Crippen LogP contribution < -0.4 is 0 Å². The van der Waals surface area contributed by atoms with E-state index in [1.54, 1.807) is 6.26 Å². The topological polar surface area (TPSA) is 26.3 Å². The highest BCUT2D eigenvalue weighted by molar-refractivity contribution is 5.95. The third kappa shape index (κ3) is 2.42. The molecule has 0 bridgehead atoms. The number of ether oxygens (including phenoxy) is 1. The first-order valence-corrected chi connectivity index (χ1v) is 6.15. The van der Waals surface area contributed by atoms with Gasteiger partial charge in [0.1, 0.15) is 0 Å². The lowest BCUT2D eigenvalue weighted by Gasteiger charge is -2.36. The Balaban J connectivity index is 1.94. The summed E-state index contributed by atoms with van der Waals surface area (Å²) in [6, 6.07) is 0. The Morgan fingerprint density at radius 1 is 1.33 bits per heavy atom. The lowest BCUT2D eigenvalue weighted by atomic mass is 9.69. The van der Waals surface area contributed by atoms with Crippen LogP contribution in [0.3, 0.4) is 0 Å². The molecule has 0 saturated heterocycles. The first-order chi connectivity index (χ1) is 7.31. The van der Waals surface area contributed by atoms with Crippen LogP contribution in [0.5, 0.6) is 0 Å². The molecule has 2 nitrogen and oxygen atoms in total. The number of allylic oxidation sites excluding steroid dienone is 1. The van der Waals surface area contributed by atoms with Gasteiger partial charge in [-0.25, -0.2) is 0 Å². The number of carbonyl (C=O) groups is 1. The first kappa shape index (κ1) is 10.7. The molecule has 0 radical (unpaired) electrons. The molecular weight excluding hydrogens is 188 g/mol. The Morgan fingerprint density at radius 3 is 2.73 bits per heavy atom. The molecule has 0 aromatic carbocycles. The van der Waals surface area contributed by atoms with E-state index in [1.807, 2.05) is 6.92 Å². The van der Waals surface area contributed by atoms with Crippen LogP contribution in [0.4, 0.5) is 0 Å². The summed E-state index contributed by atoms with van der Waals surface area (Å²) >= 11 is 0. The number of Topliss-reactive ketones (excluding diaryl/α,β-unsaturated/α-hetero) is 1. The molecule has 2 aliphatic carbocycles. The van der Waals surface area contributed by atoms with E-state index >= 15 is 0 Å². The van der Waals surface area contributed by atoms with Crippen molar-refractivity contribution in [3.05, 3.63) is 11.8 Å². The molecule has 1 atom stereocenters. The van der Waals surface area contributed by atoms with Gasteiger partial charge in [0.15, 0.2) is 5.78 Å². The molecule has 0 N–H and O–H groups in total. The molecule has 2 saturated carbocycles. The van der Waals surface area contributed by atoms with E-state index in [0.717, 1.165) is 36.7 Å². The molecule has 0 aromatic heterocycles. The van der Waals surface area contributed by atoms with Crippen LogP contribution in [0.2, 0.25) is 0 Å². The van der Waals surface area contributed by atoms with Crippen molar-refractivity contribution in [3.63, 3.8) is 0 Å². The first-order valence-electron chi connectivity index (χ1n) is 6.15. The summed E-state index contributed by atoms with van der Waals surface area (Å²) in [6.07, 6.45) is 8.64. The Morgan fingerprint density at radius 2 is 2.13 bits per heavy atom. The van der Waals surface area contributed by atoms with Crippen LogP contribution in [-0.2, 0) is 9.53 Å². The zero-order valence-electron chi connectivity index (χ0n) is 9.50. The Hall–Kier alpha value is -0.790. The molecule has 0 aromatic rings. The Labute approximate surface area is 91.7 Å². The summed E-state index contributed by atoms with van der Waals surface area (Å²) in [5.41, 5.74) is 0.931. The van der Waals surface area contributed by atoms with Gasteiger partial charge in [0.2, 0.25) is 0 Å². The fourth-order valence-corrected chi connectivity index (χ4v) is 2.59. The van der Waals surface area contributed by atoms with E-state index in [1.165, 1.54) is 19.3 Å². The third-order valence-corrected chi connectivity index (χ3v) is 3.79. The lowest BCUT2D eigenvalue weighted by molar-refractivity contribution is -0.117. The quantitative estimate of drug-likeness (QED) is 0.526. The molecule has 2 aliphatic rings. The highest BCUT2D eigenvalue weighted by Crippen LogP contribution is 2.41. The van der Waals surface area contributed by atoms with E-state index in [0.29, 0.717) is 12.4 Å². The number of ketones is 1. The van der Waals surface area contributed by atoms with Crippen LogP contribution in [-0.4, -0.2) is 12.4 Å². The molecule has 2 heteroatoms. The molecule has 1 unspecified atom stereocenters. The number of hydrogen-bond acceptors (Lipinski definition) is 2. The maximum atomic E-state index is 11.6. The second kappa shape index (κ2) is 4.82. The predicted molar refractivity (Wildman–Crippen MR) is 59.4 cm³/mol. The van der Waals surface area contributed by atoms with Gasteiger partial charge in [-0.05, 0) is 31.6 Å². The van der Waals surface area contributed by atoms with Gasteiger partial charge >= 0.3 is 0 Å². The van der Waals surface area contributed by atoms with E-state index in [-0.39, 0.29) is 0 Å². The van der Waals surface area contributed by atoms with Crippen molar-refractivity contribution < 1.29 is 9.53 Å². The van der Waals surface area contributed by atoms with Crippen molar-refractivity contribution in [2.24, 2.45) is 11.8 Å². The van der Waals surface area contributed by atoms with Gasteiger partial charge in [-0.15, -0.1) is 0 Å². The average molecular weight is 208 g/mol. The van der Waals surface area contributed by atoms with E-state index in [2.05, 4.69) is 0 Å². The Kier molecular flexibility index (Phi) is 3.45. The minimum atomic E-state index is 0.305. The summed E-state index contributed by atoms with van der Waals surface area (Å²) in [6.45, 7) is 2.61.